The number of rotatable bonds is 6. The zero-order chi connectivity index (χ0) is 10.4. The fourth-order valence-electron chi connectivity index (χ4n) is 1.17. The van der Waals surface area contributed by atoms with Crippen molar-refractivity contribution in [2.45, 2.75) is 26.7 Å². The van der Waals surface area contributed by atoms with Crippen molar-refractivity contribution >= 4 is 11.3 Å². The summed E-state index contributed by atoms with van der Waals surface area (Å²) in [6, 6.07) is 0. The molecule has 2 nitrogen and oxygen atoms in total. The van der Waals surface area contributed by atoms with Crippen LogP contribution in [0.4, 0.5) is 0 Å². The topological polar surface area (TPSA) is 24.9 Å². The lowest BCUT2D eigenvalue weighted by molar-refractivity contribution is 0.675. The summed E-state index contributed by atoms with van der Waals surface area (Å²) in [5.74, 6) is 0. The summed E-state index contributed by atoms with van der Waals surface area (Å²) < 4.78 is 0. The van der Waals surface area contributed by atoms with Crippen LogP contribution in [0.3, 0.4) is 0 Å². The summed E-state index contributed by atoms with van der Waals surface area (Å²) in [5, 5.41) is 6.67. The van der Waals surface area contributed by atoms with Crippen LogP contribution >= 0.6 is 11.3 Å². The molecule has 78 valence electrons. The first-order valence-corrected chi connectivity index (χ1v) is 5.82. The first-order chi connectivity index (χ1) is 6.68. The van der Waals surface area contributed by atoms with E-state index >= 15 is 0 Å². The normalized spacial score (nSPS) is 10.4. The molecular weight excluding hydrogens is 192 g/mol. The molecule has 0 aliphatic heterocycles. The highest BCUT2D eigenvalue weighted by Crippen LogP contribution is 2.07. The molecule has 0 amide bonds. The van der Waals surface area contributed by atoms with Crippen molar-refractivity contribution in [1.29, 1.82) is 0 Å². The lowest BCUT2D eigenvalue weighted by Gasteiger charge is -2.02. The van der Waals surface area contributed by atoms with Crippen molar-refractivity contribution in [2.24, 2.45) is 0 Å². The van der Waals surface area contributed by atoms with Crippen LogP contribution in [-0.4, -0.2) is 18.1 Å². The lowest BCUT2D eigenvalue weighted by atomic mass is 10.2. The van der Waals surface area contributed by atoms with Crippen molar-refractivity contribution in [3.05, 3.63) is 28.2 Å². The summed E-state index contributed by atoms with van der Waals surface area (Å²) >= 11 is 1.72. The molecule has 1 rings (SSSR count). The monoisotopic (exact) mass is 210 g/mol. The van der Waals surface area contributed by atoms with Gasteiger partial charge in [0, 0.05) is 18.3 Å². The summed E-state index contributed by atoms with van der Waals surface area (Å²) in [6.07, 6.45) is 2.09. The molecule has 0 aromatic carbocycles. The van der Waals surface area contributed by atoms with Crippen LogP contribution in [0.15, 0.2) is 17.5 Å². The molecule has 0 spiro atoms. The van der Waals surface area contributed by atoms with Gasteiger partial charge in [-0.25, -0.2) is 4.98 Å². The Labute approximate surface area is 90.1 Å². The maximum Gasteiger partial charge on any atom is 0.0897 e. The molecule has 0 atom stereocenters. The molecule has 1 aromatic heterocycles. The molecule has 1 heterocycles. The number of aromatic nitrogens is 1. The van der Waals surface area contributed by atoms with Gasteiger partial charge in [-0.3, -0.25) is 0 Å². The molecule has 0 saturated heterocycles. The standard InChI is InChI=1S/C11H18N2S/c1-9(2)4-6-12-7-5-11-8-14-10(3)13-11/h8,12H,1,4-7H2,2-3H3. The van der Waals surface area contributed by atoms with Crippen molar-refractivity contribution < 1.29 is 0 Å². The van der Waals surface area contributed by atoms with Gasteiger partial charge in [-0.15, -0.1) is 17.9 Å². The Morgan fingerprint density at radius 3 is 2.93 bits per heavy atom. The third-order valence-corrected chi connectivity index (χ3v) is 2.78. The van der Waals surface area contributed by atoms with Crippen LogP contribution in [0.5, 0.6) is 0 Å². The van der Waals surface area contributed by atoms with Crippen LogP contribution < -0.4 is 5.32 Å². The van der Waals surface area contributed by atoms with Gasteiger partial charge in [0.1, 0.15) is 0 Å². The van der Waals surface area contributed by atoms with Gasteiger partial charge < -0.3 is 5.32 Å². The first kappa shape index (κ1) is 11.4. The molecule has 1 N–H and O–H groups in total. The second-order valence-electron chi connectivity index (χ2n) is 3.56. The zero-order valence-corrected chi connectivity index (χ0v) is 9.78. The summed E-state index contributed by atoms with van der Waals surface area (Å²) in [4.78, 5) is 4.40. The van der Waals surface area contributed by atoms with Gasteiger partial charge in [-0.2, -0.15) is 0 Å². The third-order valence-electron chi connectivity index (χ3n) is 1.95. The number of hydrogen-bond acceptors (Lipinski definition) is 3. The Balaban J connectivity index is 2.07. The molecule has 1 aromatic rings. The van der Waals surface area contributed by atoms with E-state index in [0.29, 0.717) is 0 Å². The average molecular weight is 210 g/mol. The first-order valence-electron chi connectivity index (χ1n) is 4.94. The minimum Gasteiger partial charge on any atom is -0.316 e. The second-order valence-corrected chi connectivity index (χ2v) is 4.63. The van der Waals surface area contributed by atoms with E-state index in [-0.39, 0.29) is 0 Å². The molecule has 0 unspecified atom stereocenters. The Morgan fingerprint density at radius 1 is 1.57 bits per heavy atom. The van der Waals surface area contributed by atoms with Crippen molar-refractivity contribution in [1.82, 2.24) is 10.3 Å². The number of hydrogen-bond donors (Lipinski definition) is 1. The van der Waals surface area contributed by atoms with E-state index in [4.69, 9.17) is 0 Å². The molecular formula is C11H18N2S. The fraction of sp³-hybridized carbons (Fsp3) is 0.545. The zero-order valence-electron chi connectivity index (χ0n) is 8.97. The molecule has 0 saturated carbocycles. The third kappa shape index (κ3) is 4.53. The summed E-state index contributed by atoms with van der Waals surface area (Å²) in [5.41, 5.74) is 2.44. The van der Waals surface area contributed by atoms with Crippen molar-refractivity contribution in [2.75, 3.05) is 13.1 Å². The van der Waals surface area contributed by atoms with Crippen LogP contribution in [0, 0.1) is 6.92 Å². The Hall–Kier alpha value is -0.670. The molecule has 0 bridgehead atoms. The molecule has 0 aliphatic rings. The van der Waals surface area contributed by atoms with Gasteiger partial charge in [0.2, 0.25) is 0 Å². The number of aryl methyl sites for hydroxylation is 1. The van der Waals surface area contributed by atoms with Gasteiger partial charge in [0.15, 0.2) is 0 Å². The number of nitrogens with zero attached hydrogens (tertiary/aromatic N) is 1. The Bertz CT molecular complexity index is 291. The van der Waals surface area contributed by atoms with Gasteiger partial charge in [0.25, 0.3) is 0 Å². The maximum absolute atomic E-state index is 4.40. The van der Waals surface area contributed by atoms with E-state index in [1.807, 2.05) is 6.92 Å². The molecule has 0 aliphatic carbocycles. The van der Waals surface area contributed by atoms with Gasteiger partial charge in [-0.1, -0.05) is 5.57 Å². The van der Waals surface area contributed by atoms with Gasteiger partial charge in [0.05, 0.1) is 10.7 Å². The largest absolute Gasteiger partial charge is 0.316 e. The van der Waals surface area contributed by atoms with E-state index in [1.165, 1.54) is 11.3 Å². The van der Waals surface area contributed by atoms with Crippen molar-refractivity contribution in [3.63, 3.8) is 0 Å². The lowest BCUT2D eigenvalue weighted by Crippen LogP contribution is -2.18. The predicted molar refractivity (Wildman–Crippen MR) is 62.9 cm³/mol. The van der Waals surface area contributed by atoms with Crippen LogP contribution in [-0.2, 0) is 6.42 Å². The number of nitrogens with one attached hydrogen (secondary N) is 1. The average Bonchev–Trinajstić information content (AvgIpc) is 2.50. The van der Waals surface area contributed by atoms with Gasteiger partial charge >= 0.3 is 0 Å². The van der Waals surface area contributed by atoms with E-state index in [1.54, 1.807) is 11.3 Å². The van der Waals surface area contributed by atoms with Crippen molar-refractivity contribution in [3.8, 4) is 0 Å². The van der Waals surface area contributed by atoms with E-state index in [0.717, 1.165) is 30.9 Å². The SMILES string of the molecule is C=C(C)CCNCCc1csc(C)n1. The minimum atomic E-state index is 1.01. The molecule has 14 heavy (non-hydrogen) atoms. The van der Waals surface area contributed by atoms with E-state index < -0.39 is 0 Å². The van der Waals surface area contributed by atoms with Gasteiger partial charge in [-0.05, 0) is 26.8 Å². The quantitative estimate of drug-likeness (QED) is 0.576. The second kappa shape index (κ2) is 5.94. The van der Waals surface area contributed by atoms with E-state index in [2.05, 4.69) is 29.2 Å². The summed E-state index contributed by atoms with van der Waals surface area (Å²) in [6.45, 7) is 10.0. The highest BCUT2D eigenvalue weighted by molar-refractivity contribution is 7.09. The predicted octanol–water partition coefficient (Wildman–Crippen LogP) is 2.55. The summed E-state index contributed by atoms with van der Waals surface area (Å²) in [7, 11) is 0. The highest BCUT2D eigenvalue weighted by Gasteiger charge is 1.97. The highest BCUT2D eigenvalue weighted by atomic mass is 32.1. The fourth-order valence-corrected chi connectivity index (χ4v) is 1.81. The van der Waals surface area contributed by atoms with E-state index in [9.17, 15) is 0 Å². The van der Waals surface area contributed by atoms with Crippen LogP contribution in [0.25, 0.3) is 0 Å². The smallest absolute Gasteiger partial charge is 0.0897 e. The van der Waals surface area contributed by atoms with Crippen LogP contribution in [0.2, 0.25) is 0 Å². The van der Waals surface area contributed by atoms with Crippen LogP contribution in [0.1, 0.15) is 24.0 Å². The minimum absolute atomic E-state index is 1.01. The molecule has 3 heteroatoms. The number of thiazole rings is 1. The molecule has 0 fully saturated rings. The maximum atomic E-state index is 4.40. The Morgan fingerprint density at radius 2 is 2.36 bits per heavy atom. The molecule has 0 radical (unpaired) electrons. The Kier molecular flexibility index (Phi) is 4.84.